The Morgan fingerprint density at radius 2 is 2.00 bits per heavy atom. The Kier molecular flexibility index (Phi) is 7.28. The lowest BCUT2D eigenvalue weighted by Crippen LogP contribution is -2.36. The molecule has 7 heteroatoms. The molecule has 2 heterocycles. The molecule has 0 amide bonds. The van der Waals surface area contributed by atoms with Gasteiger partial charge in [-0.05, 0) is 37.2 Å². The van der Waals surface area contributed by atoms with E-state index in [0.29, 0.717) is 37.0 Å². The molecule has 0 spiro atoms. The topological polar surface area (TPSA) is 84.6 Å². The van der Waals surface area contributed by atoms with Crippen molar-refractivity contribution in [1.29, 1.82) is 0 Å². The molecule has 2 aromatic rings. The zero-order valence-corrected chi connectivity index (χ0v) is 17.1. The number of aliphatic imine (C=N–C) groups is 1. The third-order valence-corrected chi connectivity index (χ3v) is 4.92. The maximum Gasteiger partial charge on any atom is 0.213 e. The van der Waals surface area contributed by atoms with Crippen LogP contribution in [-0.2, 0) is 13.1 Å². The van der Waals surface area contributed by atoms with Crippen LogP contribution in [0.25, 0.3) is 0 Å². The molecule has 0 unspecified atom stereocenters. The highest BCUT2D eigenvalue weighted by Gasteiger charge is 2.15. The van der Waals surface area contributed by atoms with E-state index in [-0.39, 0.29) is 0 Å². The predicted octanol–water partition coefficient (Wildman–Crippen LogP) is 3.77. The Morgan fingerprint density at radius 3 is 2.64 bits per heavy atom. The first kappa shape index (κ1) is 20.2. The van der Waals surface area contributed by atoms with E-state index in [1.807, 2.05) is 24.4 Å². The highest BCUT2D eigenvalue weighted by atomic mass is 16.5. The Labute approximate surface area is 167 Å². The molecule has 1 saturated carbocycles. The molecule has 1 aliphatic rings. The van der Waals surface area contributed by atoms with E-state index in [4.69, 9.17) is 9.26 Å². The van der Waals surface area contributed by atoms with Crippen molar-refractivity contribution in [3.05, 3.63) is 41.4 Å². The standard InChI is InChI=1S/C21H31N5O2/c1-15(2)19-11-18(28-26-19)14-25-21(22-3)24-13-16-9-10-20(23-12-16)27-17-7-5-4-6-8-17/h9-12,15,17H,4-8,13-14H2,1-3H3,(H2,22,24,25). The van der Waals surface area contributed by atoms with E-state index in [1.165, 1.54) is 19.3 Å². The maximum absolute atomic E-state index is 5.98. The van der Waals surface area contributed by atoms with Gasteiger partial charge in [0, 0.05) is 31.9 Å². The summed E-state index contributed by atoms with van der Waals surface area (Å²) in [6.07, 6.45) is 8.28. The van der Waals surface area contributed by atoms with Gasteiger partial charge < -0.3 is 19.9 Å². The second kappa shape index (κ2) is 10.1. The molecule has 1 fully saturated rings. The normalized spacial score (nSPS) is 15.6. The number of pyridine rings is 1. The van der Waals surface area contributed by atoms with Gasteiger partial charge in [-0.25, -0.2) is 4.98 Å². The van der Waals surface area contributed by atoms with E-state index in [2.05, 4.69) is 39.6 Å². The summed E-state index contributed by atoms with van der Waals surface area (Å²) in [4.78, 5) is 8.69. The highest BCUT2D eigenvalue weighted by molar-refractivity contribution is 5.79. The van der Waals surface area contributed by atoms with Crippen molar-refractivity contribution in [2.24, 2.45) is 4.99 Å². The van der Waals surface area contributed by atoms with Crippen LogP contribution in [0.15, 0.2) is 33.9 Å². The van der Waals surface area contributed by atoms with Gasteiger partial charge in [-0.1, -0.05) is 31.5 Å². The lowest BCUT2D eigenvalue weighted by molar-refractivity contribution is 0.148. The summed E-state index contributed by atoms with van der Waals surface area (Å²) < 4.78 is 11.3. The van der Waals surface area contributed by atoms with Crippen LogP contribution in [0.4, 0.5) is 0 Å². The Balaban J connectivity index is 1.43. The number of nitrogens with one attached hydrogen (secondary N) is 2. The van der Waals surface area contributed by atoms with Crippen molar-refractivity contribution >= 4 is 5.96 Å². The van der Waals surface area contributed by atoms with Crippen LogP contribution in [0.5, 0.6) is 5.88 Å². The van der Waals surface area contributed by atoms with Crippen LogP contribution in [0.2, 0.25) is 0 Å². The first-order valence-electron chi connectivity index (χ1n) is 10.2. The van der Waals surface area contributed by atoms with Crippen LogP contribution in [0.1, 0.15) is 68.9 Å². The second-order valence-corrected chi connectivity index (χ2v) is 7.53. The summed E-state index contributed by atoms with van der Waals surface area (Å²) >= 11 is 0. The van der Waals surface area contributed by atoms with Gasteiger partial charge in [0.25, 0.3) is 0 Å². The molecule has 2 aromatic heterocycles. The average Bonchev–Trinajstić information content (AvgIpc) is 3.19. The van der Waals surface area contributed by atoms with Crippen molar-refractivity contribution in [3.63, 3.8) is 0 Å². The number of guanidine groups is 1. The molecular weight excluding hydrogens is 354 g/mol. The minimum Gasteiger partial charge on any atom is -0.474 e. The first-order valence-corrected chi connectivity index (χ1v) is 10.2. The maximum atomic E-state index is 5.98. The first-order chi connectivity index (χ1) is 13.6. The number of nitrogens with zero attached hydrogens (tertiary/aromatic N) is 3. The van der Waals surface area contributed by atoms with Gasteiger partial charge in [0.1, 0.15) is 6.10 Å². The van der Waals surface area contributed by atoms with Gasteiger partial charge in [-0.3, -0.25) is 4.99 Å². The number of hydrogen-bond donors (Lipinski definition) is 2. The van der Waals surface area contributed by atoms with Crippen LogP contribution in [0, 0.1) is 0 Å². The quantitative estimate of drug-likeness (QED) is 0.557. The SMILES string of the molecule is CN=C(NCc1ccc(OC2CCCCC2)nc1)NCc1cc(C(C)C)no1. The fraction of sp³-hybridized carbons (Fsp3) is 0.571. The van der Waals surface area contributed by atoms with Gasteiger partial charge in [0.05, 0.1) is 12.2 Å². The van der Waals surface area contributed by atoms with Crippen LogP contribution in [-0.4, -0.2) is 29.3 Å². The monoisotopic (exact) mass is 385 g/mol. The van der Waals surface area contributed by atoms with Crippen molar-refractivity contribution in [2.45, 2.75) is 71.1 Å². The molecule has 2 N–H and O–H groups in total. The fourth-order valence-corrected chi connectivity index (χ4v) is 3.20. The summed E-state index contributed by atoms with van der Waals surface area (Å²) in [5, 5.41) is 10.6. The minimum absolute atomic E-state index is 0.320. The molecule has 0 atom stereocenters. The molecule has 1 aliphatic carbocycles. The van der Waals surface area contributed by atoms with Crippen molar-refractivity contribution in [2.75, 3.05) is 7.05 Å². The molecular formula is C21H31N5O2. The fourth-order valence-electron chi connectivity index (χ4n) is 3.20. The molecule has 3 rings (SSSR count). The summed E-state index contributed by atoms with van der Waals surface area (Å²) in [5.41, 5.74) is 2.03. The van der Waals surface area contributed by atoms with Gasteiger partial charge >= 0.3 is 0 Å². The van der Waals surface area contributed by atoms with Gasteiger partial charge in [0.2, 0.25) is 5.88 Å². The van der Waals surface area contributed by atoms with Gasteiger partial charge in [-0.2, -0.15) is 0 Å². The van der Waals surface area contributed by atoms with E-state index >= 15 is 0 Å². The summed E-state index contributed by atoms with van der Waals surface area (Å²) in [5.74, 6) is 2.56. The van der Waals surface area contributed by atoms with Crippen molar-refractivity contribution in [1.82, 2.24) is 20.8 Å². The highest BCUT2D eigenvalue weighted by Crippen LogP contribution is 2.22. The number of rotatable bonds is 7. The minimum atomic E-state index is 0.320. The lowest BCUT2D eigenvalue weighted by Gasteiger charge is -2.22. The van der Waals surface area contributed by atoms with Crippen LogP contribution < -0.4 is 15.4 Å². The van der Waals surface area contributed by atoms with E-state index < -0.39 is 0 Å². The summed E-state index contributed by atoms with van der Waals surface area (Å²) in [7, 11) is 1.74. The summed E-state index contributed by atoms with van der Waals surface area (Å²) in [6.45, 7) is 5.35. The number of aromatic nitrogens is 2. The zero-order valence-electron chi connectivity index (χ0n) is 17.1. The largest absolute Gasteiger partial charge is 0.474 e. The lowest BCUT2D eigenvalue weighted by atomic mass is 9.98. The molecule has 0 saturated heterocycles. The Bertz CT molecular complexity index is 748. The van der Waals surface area contributed by atoms with Gasteiger partial charge in [0.15, 0.2) is 11.7 Å². The van der Waals surface area contributed by atoms with Gasteiger partial charge in [-0.15, -0.1) is 0 Å². The van der Waals surface area contributed by atoms with Crippen LogP contribution in [0.3, 0.4) is 0 Å². The molecule has 0 aliphatic heterocycles. The number of hydrogen-bond acceptors (Lipinski definition) is 5. The Hall–Kier alpha value is -2.57. The summed E-state index contributed by atoms with van der Waals surface area (Å²) in [6, 6.07) is 5.96. The van der Waals surface area contributed by atoms with E-state index in [1.54, 1.807) is 7.05 Å². The second-order valence-electron chi connectivity index (χ2n) is 7.53. The van der Waals surface area contributed by atoms with E-state index in [9.17, 15) is 0 Å². The predicted molar refractivity (Wildman–Crippen MR) is 109 cm³/mol. The molecule has 0 bridgehead atoms. The molecule has 0 radical (unpaired) electrons. The third-order valence-electron chi connectivity index (χ3n) is 4.92. The van der Waals surface area contributed by atoms with Crippen LogP contribution >= 0.6 is 0 Å². The molecule has 28 heavy (non-hydrogen) atoms. The smallest absolute Gasteiger partial charge is 0.213 e. The number of ether oxygens (including phenoxy) is 1. The Morgan fingerprint density at radius 1 is 1.21 bits per heavy atom. The molecule has 152 valence electrons. The van der Waals surface area contributed by atoms with Crippen molar-refractivity contribution < 1.29 is 9.26 Å². The third kappa shape index (κ3) is 5.97. The van der Waals surface area contributed by atoms with Crippen molar-refractivity contribution in [3.8, 4) is 5.88 Å². The van der Waals surface area contributed by atoms with E-state index in [0.717, 1.165) is 29.9 Å². The average molecular weight is 386 g/mol. The zero-order chi connectivity index (χ0) is 19.8. The molecule has 0 aromatic carbocycles. The molecule has 7 nitrogen and oxygen atoms in total.